The molecule has 2 aromatic carbocycles. The van der Waals surface area contributed by atoms with Crippen LogP contribution in [0, 0.1) is 0 Å². The van der Waals surface area contributed by atoms with Gasteiger partial charge in [-0.1, -0.05) is 64.1 Å². The van der Waals surface area contributed by atoms with Gasteiger partial charge in [-0.3, -0.25) is 9.52 Å². The third kappa shape index (κ3) is 5.70. The van der Waals surface area contributed by atoms with E-state index in [1.807, 2.05) is 0 Å². The van der Waals surface area contributed by atoms with Crippen LogP contribution in [-0.2, 0) is 14.8 Å². The van der Waals surface area contributed by atoms with Crippen LogP contribution in [0.1, 0.15) is 0 Å². The molecular formula is C19H12Cl5N3O4S. The van der Waals surface area contributed by atoms with E-state index in [-0.39, 0.29) is 41.6 Å². The van der Waals surface area contributed by atoms with E-state index in [2.05, 4.69) is 15.0 Å². The predicted molar refractivity (Wildman–Crippen MR) is 127 cm³/mol. The topological polar surface area (TPSA) is 97.4 Å². The average Bonchev–Trinajstić information content (AvgIpc) is 2.77. The van der Waals surface area contributed by atoms with E-state index in [1.165, 1.54) is 36.5 Å². The molecule has 168 valence electrons. The number of rotatable bonds is 7. The fourth-order valence-corrected chi connectivity index (χ4v) is 4.62. The number of hydrogen-bond acceptors (Lipinski definition) is 5. The molecule has 3 aromatic rings. The summed E-state index contributed by atoms with van der Waals surface area (Å²) in [7, 11) is -3.84. The van der Waals surface area contributed by atoms with Gasteiger partial charge in [-0.2, -0.15) is 0 Å². The lowest BCUT2D eigenvalue weighted by molar-refractivity contribution is -0.118. The van der Waals surface area contributed by atoms with E-state index < -0.39 is 22.5 Å². The van der Waals surface area contributed by atoms with Gasteiger partial charge in [0.15, 0.2) is 12.4 Å². The van der Waals surface area contributed by atoms with Crippen molar-refractivity contribution in [3.8, 4) is 5.75 Å². The van der Waals surface area contributed by atoms with Crippen LogP contribution in [0.4, 0.5) is 11.5 Å². The highest BCUT2D eigenvalue weighted by molar-refractivity contribution is 7.92. The zero-order chi connectivity index (χ0) is 23.5. The van der Waals surface area contributed by atoms with Crippen LogP contribution in [0.5, 0.6) is 5.75 Å². The molecule has 0 aliphatic heterocycles. The van der Waals surface area contributed by atoms with E-state index in [1.54, 1.807) is 12.1 Å². The molecule has 1 aromatic heterocycles. The van der Waals surface area contributed by atoms with Gasteiger partial charge in [-0.05, 0) is 36.4 Å². The molecule has 0 spiro atoms. The molecule has 0 atom stereocenters. The van der Waals surface area contributed by atoms with Crippen molar-refractivity contribution in [1.29, 1.82) is 0 Å². The molecule has 0 fully saturated rings. The Balaban J connectivity index is 1.65. The van der Waals surface area contributed by atoms with Crippen molar-refractivity contribution in [2.45, 2.75) is 4.90 Å². The standard InChI is InChI=1S/C19H12Cl5N3O4S/c20-14-15(21)17(23)19(18(24)16(14)22)31-9-13(28)26-10-4-6-11(7-5-10)32(29,30)27-12-3-1-2-8-25-12/h1-8H,9H2,(H,25,27)(H,26,28). The van der Waals surface area contributed by atoms with Crippen molar-refractivity contribution in [3.63, 3.8) is 0 Å². The Kier molecular flexibility index (Phi) is 7.97. The van der Waals surface area contributed by atoms with E-state index in [4.69, 9.17) is 62.7 Å². The molecule has 0 radical (unpaired) electrons. The lowest BCUT2D eigenvalue weighted by Gasteiger charge is -2.14. The van der Waals surface area contributed by atoms with E-state index >= 15 is 0 Å². The summed E-state index contributed by atoms with van der Waals surface area (Å²) in [6.07, 6.45) is 1.46. The first-order valence-electron chi connectivity index (χ1n) is 8.58. The van der Waals surface area contributed by atoms with Crippen molar-refractivity contribution in [2.75, 3.05) is 16.6 Å². The van der Waals surface area contributed by atoms with E-state index in [0.717, 1.165) is 0 Å². The maximum atomic E-state index is 12.4. The molecule has 0 bridgehead atoms. The molecule has 0 saturated carbocycles. The Morgan fingerprint density at radius 1 is 0.875 bits per heavy atom. The summed E-state index contributed by atoms with van der Waals surface area (Å²) in [6, 6.07) is 10.3. The molecule has 0 unspecified atom stereocenters. The zero-order valence-corrected chi connectivity index (χ0v) is 20.3. The van der Waals surface area contributed by atoms with Crippen molar-refractivity contribution in [3.05, 3.63) is 73.8 Å². The molecule has 1 amide bonds. The van der Waals surface area contributed by atoms with Crippen LogP contribution < -0.4 is 14.8 Å². The fourth-order valence-electron chi connectivity index (χ4n) is 2.38. The number of nitrogens with zero attached hydrogens (tertiary/aromatic N) is 1. The molecule has 2 N–H and O–H groups in total. The minimum Gasteiger partial charge on any atom is -0.481 e. The summed E-state index contributed by atoms with van der Waals surface area (Å²) in [6.45, 7) is -0.477. The lowest BCUT2D eigenvalue weighted by atomic mass is 10.3. The predicted octanol–water partition coefficient (Wildman–Crippen LogP) is 6.17. The highest BCUT2D eigenvalue weighted by atomic mass is 35.5. The molecule has 13 heteroatoms. The SMILES string of the molecule is O=C(COc1c(Cl)c(Cl)c(Cl)c(Cl)c1Cl)Nc1ccc(S(=O)(=O)Nc2ccccn2)cc1. The molecule has 0 aliphatic carbocycles. The number of pyridine rings is 1. The van der Waals surface area contributed by atoms with Gasteiger partial charge in [-0.25, -0.2) is 13.4 Å². The molecule has 0 saturated heterocycles. The smallest absolute Gasteiger partial charge is 0.263 e. The van der Waals surface area contributed by atoms with Gasteiger partial charge in [-0.15, -0.1) is 0 Å². The number of anilines is 2. The van der Waals surface area contributed by atoms with Crippen LogP contribution >= 0.6 is 58.0 Å². The van der Waals surface area contributed by atoms with Crippen molar-refractivity contribution < 1.29 is 17.9 Å². The molecule has 3 rings (SSSR count). The number of amides is 1. The summed E-state index contributed by atoms with van der Waals surface area (Å²) in [5.41, 5.74) is 0.333. The summed E-state index contributed by atoms with van der Waals surface area (Å²) < 4.78 is 32.5. The second kappa shape index (κ2) is 10.3. The number of sulfonamides is 1. The average molecular weight is 556 g/mol. The number of carbonyl (C=O) groups is 1. The summed E-state index contributed by atoms with van der Waals surface area (Å²) in [5, 5.41) is 2.22. The molecule has 32 heavy (non-hydrogen) atoms. The maximum Gasteiger partial charge on any atom is 0.263 e. The van der Waals surface area contributed by atoms with Gasteiger partial charge >= 0.3 is 0 Å². The van der Waals surface area contributed by atoms with Crippen molar-refractivity contribution in [1.82, 2.24) is 4.98 Å². The van der Waals surface area contributed by atoms with E-state index in [9.17, 15) is 13.2 Å². The second-order valence-corrected chi connectivity index (χ2v) is 9.65. The largest absolute Gasteiger partial charge is 0.481 e. The number of carbonyl (C=O) groups excluding carboxylic acids is 1. The zero-order valence-electron chi connectivity index (χ0n) is 15.7. The van der Waals surface area contributed by atoms with Gasteiger partial charge in [0.25, 0.3) is 15.9 Å². The van der Waals surface area contributed by atoms with Crippen LogP contribution in [-0.4, -0.2) is 25.9 Å². The third-order valence-corrected chi connectivity index (χ3v) is 7.48. The first kappa shape index (κ1) is 24.7. The van der Waals surface area contributed by atoms with Gasteiger partial charge in [0, 0.05) is 11.9 Å². The molecule has 0 aliphatic rings. The highest BCUT2D eigenvalue weighted by Crippen LogP contribution is 2.48. The molecule has 1 heterocycles. The maximum absolute atomic E-state index is 12.4. The molecule has 7 nitrogen and oxygen atoms in total. The number of halogens is 5. The minimum absolute atomic E-state index is 0.0126. The Morgan fingerprint density at radius 2 is 1.47 bits per heavy atom. The van der Waals surface area contributed by atoms with Crippen molar-refractivity contribution in [2.24, 2.45) is 0 Å². The minimum atomic E-state index is -3.84. The number of hydrogen-bond donors (Lipinski definition) is 2. The number of nitrogens with one attached hydrogen (secondary N) is 2. The first-order chi connectivity index (χ1) is 15.1. The van der Waals surface area contributed by atoms with Gasteiger partial charge in [0.05, 0.1) is 20.0 Å². The molecular weight excluding hydrogens is 544 g/mol. The summed E-state index contributed by atoms with van der Waals surface area (Å²) in [5.74, 6) is -0.478. The van der Waals surface area contributed by atoms with Crippen molar-refractivity contribution >= 4 is 85.4 Å². The lowest BCUT2D eigenvalue weighted by Crippen LogP contribution is -2.20. The van der Waals surface area contributed by atoms with E-state index in [0.29, 0.717) is 5.69 Å². The van der Waals surface area contributed by atoms with Gasteiger partial charge < -0.3 is 10.1 Å². The first-order valence-corrected chi connectivity index (χ1v) is 12.0. The van der Waals surface area contributed by atoms with Gasteiger partial charge in [0.1, 0.15) is 15.9 Å². The second-order valence-electron chi connectivity index (χ2n) is 6.08. The Labute approximate surface area is 208 Å². The normalized spacial score (nSPS) is 11.2. The van der Waals surface area contributed by atoms with Crippen LogP contribution in [0.15, 0.2) is 53.6 Å². The third-order valence-electron chi connectivity index (χ3n) is 3.87. The number of aromatic nitrogens is 1. The Bertz CT molecular complexity index is 1230. The number of ether oxygens (including phenoxy) is 1. The monoisotopic (exact) mass is 553 g/mol. The van der Waals surface area contributed by atoms with Crippen LogP contribution in [0.3, 0.4) is 0 Å². The van der Waals surface area contributed by atoms with Gasteiger partial charge in [0.2, 0.25) is 0 Å². The summed E-state index contributed by atoms with van der Waals surface area (Å²) >= 11 is 29.9. The summed E-state index contributed by atoms with van der Waals surface area (Å²) in [4.78, 5) is 16.1. The Morgan fingerprint density at radius 3 is 2.03 bits per heavy atom. The fraction of sp³-hybridized carbons (Fsp3) is 0.0526. The number of benzene rings is 2. The highest BCUT2D eigenvalue weighted by Gasteiger charge is 2.21. The quantitative estimate of drug-likeness (QED) is 0.269. The van der Waals surface area contributed by atoms with Crippen LogP contribution in [0.2, 0.25) is 25.1 Å². The van der Waals surface area contributed by atoms with Crippen LogP contribution in [0.25, 0.3) is 0 Å². The Hall–Kier alpha value is -1.94.